The van der Waals surface area contributed by atoms with Gasteiger partial charge in [0.05, 0.1) is 12.7 Å². The standard InChI is InChI=1S/C11H11ClN4OS/c1-17-8-5-6(12)3-4-7(8)9-14-10(13)16-11(15-9)18-2/h3-5H,1-2H3,(H2,13,14,15,16). The van der Waals surface area contributed by atoms with E-state index < -0.39 is 0 Å². The molecule has 0 saturated carbocycles. The Morgan fingerprint density at radius 2 is 2.06 bits per heavy atom. The van der Waals surface area contributed by atoms with Crippen LogP contribution in [0.15, 0.2) is 23.4 Å². The number of nitrogens with zero attached hydrogens (tertiary/aromatic N) is 3. The number of anilines is 1. The van der Waals surface area contributed by atoms with E-state index in [1.807, 2.05) is 6.26 Å². The summed E-state index contributed by atoms with van der Waals surface area (Å²) in [5, 5.41) is 1.15. The Labute approximate surface area is 114 Å². The second kappa shape index (κ2) is 5.41. The zero-order valence-electron chi connectivity index (χ0n) is 9.85. The molecule has 0 saturated heterocycles. The molecule has 0 bridgehead atoms. The number of methoxy groups -OCH3 is 1. The normalized spacial score (nSPS) is 10.4. The predicted molar refractivity (Wildman–Crippen MR) is 73.0 cm³/mol. The van der Waals surface area contributed by atoms with E-state index in [-0.39, 0.29) is 5.95 Å². The van der Waals surface area contributed by atoms with Gasteiger partial charge < -0.3 is 10.5 Å². The molecule has 0 aliphatic rings. The van der Waals surface area contributed by atoms with Gasteiger partial charge in [-0.15, -0.1) is 0 Å². The summed E-state index contributed by atoms with van der Waals surface area (Å²) in [4.78, 5) is 12.4. The van der Waals surface area contributed by atoms with Crippen molar-refractivity contribution in [2.75, 3.05) is 19.1 Å². The second-order valence-electron chi connectivity index (χ2n) is 3.35. The van der Waals surface area contributed by atoms with Crippen molar-refractivity contribution in [3.8, 4) is 17.1 Å². The number of nitrogen functional groups attached to an aromatic ring is 1. The Morgan fingerprint density at radius 3 is 2.72 bits per heavy atom. The third-order valence-electron chi connectivity index (χ3n) is 2.22. The minimum atomic E-state index is 0.182. The fraction of sp³-hybridized carbons (Fsp3) is 0.182. The van der Waals surface area contributed by atoms with Crippen LogP contribution in [0.25, 0.3) is 11.4 Å². The summed E-state index contributed by atoms with van der Waals surface area (Å²) in [6.45, 7) is 0. The Kier molecular flexibility index (Phi) is 3.88. The number of nitrogens with two attached hydrogens (primary N) is 1. The van der Waals surface area contributed by atoms with E-state index in [4.69, 9.17) is 22.1 Å². The molecule has 0 radical (unpaired) electrons. The molecule has 94 valence electrons. The Bertz CT molecular complexity index is 579. The fourth-order valence-corrected chi connectivity index (χ4v) is 1.96. The first kappa shape index (κ1) is 12.9. The lowest BCUT2D eigenvalue weighted by Gasteiger charge is -2.08. The van der Waals surface area contributed by atoms with E-state index in [0.29, 0.717) is 21.8 Å². The molecule has 2 N–H and O–H groups in total. The third kappa shape index (κ3) is 2.65. The summed E-state index contributed by atoms with van der Waals surface area (Å²) < 4.78 is 5.26. The minimum absolute atomic E-state index is 0.182. The number of halogens is 1. The number of ether oxygens (including phenoxy) is 1. The zero-order chi connectivity index (χ0) is 13.1. The first-order valence-corrected chi connectivity index (χ1v) is 6.63. The van der Waals surface area contributed by atoms with Gasteiger partial charge in [0.2, 0.25) is 5.95 Å². The van der Waals surface area contributed by atoms with Crippen molar-refractivity contribution in [3.63, 3.8) is 0 Å². The summed E-state index contributed by atoms with van der Waals surface area (Å²) in [7, 11) is 1.56. The van der Waals surface area contributed by atoms with Gasteiger partial charge in [0.25, 0.3) is 0 Å². The molecule has 0 fully saturated rings. The maximum absolute atomic E-state index is 5.91. The Morgan fingerprint density at radius 1 is 1.28 bits per heavy atom. The zero-order valence-corrected chi connectivity index (χ0v) is 11.4. The smallest absolute Gasteiger partial charge is 0.224 e. The van der Waals surface area contributed by atoms with Gasteiger partial charge in [-0.1, -0.05) is 23.4 Å². The number of rotatable bonds is 3. The number of thioether (sulfide) groups is 1. The van der Waals surface area contributed by atoms with Gasteiger partial charge in [-0.2, -0.15) is 9.97 Å². The number of benzene rings is 1. The summed E-state index contributed by atoms with van der Waals surface area (Å²) in [5.41, 5.74) is 6.38. The van der Waals surface area contributed by atoms with Crippen LogP contribution in [0.3, 0.4) is 0 Å². The second-order valence-corrected chi connectivity index (χ2v) is 4.56. The third-order valence-corrected chi connectivity index (χ3v) is 3.00. The molecule has 0 atom stereocenters. The van der Waals surface area contributed by atoms with Crippen LogP contribution in [0.2, 0.25) is 5.02 Å². The van der Waals surface area contributed by atoms with E-state index in [1.54, 1.807) is 25.3 Å². The van der Waals surface area contributed by atoms with Crippen LogP contribution in [0.5, 0.6) is 5.75 Å². The van der Waals surface area contributed by atoms with Crippen LogP contribution in [-0.4, -0.2) is 28.3 Å². The molecule has 0 aliphatic carbocycles. The number of aromatic nitrogens is 3. The van der Waals surface area contributed by atoms with Crippen LogP contribution >= 0.6 is 23.4 Å². The molecule has 2 aromatic rings. The van der Waals surface area contributed by atoms with Crippen molar-refractivity contribution in [3.05, 3.63) is 23.2 Å². The molecule has 1 aromatic carbocycles. The topological polar surface area (TPSA) is 73.9 Å². The molecule has 7 heteroatoms. The van der Waals surface area contributed by atoms with Gasteiger partial charge in [-0.05, 0) is 24.5 Å². The molecular weight excluding hydrogens is 272 g/mol. The lowest BCUT2D eigenvalue weighted by Crippen LogP contribution is -2.02. The average Bonchev–Trinajstić information content (AvgIpc) is 2.37. The van der Waals surface area contributed by atoms with E-state index in [1.165, 1.54) is 11.8 Å². The lowest BCUT2D eigenvalue weighted by molar-refractivity contribution is 0.416. The number of hydrogen-bond acceptors (Lipinski definition) is 6. The maximum atomic E-state index is 5.91. The highest BCUT2D eigenvalue weighted by molar-refractivity contribution is 7.98. The summed E-state index contributed by atoms with van der Waals surface area (Å²) >= 11 is 7.31. The summed E-state index contributed by atoms with van der Waals surface area (Å²) in [6, 6.07) is 5.24. The first-order valence-electron chi connectivity index (χ1n) is 5.03. The van der Waals surface area contributed by atoms with E-state index in [0.717, 1.165) is 5.56 Å². The van der Waals surface area contributed by atoms with Gasteiger partial charge in [0.1, 0.15) is 5.75 Å². The van der Waals surface area contributed by atoms with Crippen molar-refractivity contribution in [2.45, 2.75) is 5.16 Å². The molecule has 1 heterocycles. The first-order chi connectivity index (χ1) is 8.63. The van der Waals surface area contributed by atoms with Crippen LogP contribution in [0.4, 0.5) is 5.95 Å². The van der Waals surface area contributed by atoms with Crippen molar-refractivity contribution < 1.29 is 4.74 Å². The lowest BCUT2D eigenvalue weighted by atomic mass is 10.2. The summed E-state index contributed by atoms with van der Waals surface area (Å²) in [6.07, 6.45) is 1.87. The van der Waals surface area contributed by atoms with Crippen LogP contribution in [0.1, 0.15) is 0 Å². The van der Waals surface area contributed by atoms with Gasteiger partial charge in [-0.3, -0.25) is 0 Å². The van der Waals surface area contributed by atoms with Gasteiger partial charge in [-0.25, -0.2) is 4.98 Å². The van der Waals surface area contributed by atoms with Crippen LogP contribution in [-0.2, 0) is 0 Å². The molecule has 0 unspecified atom stereocenters. The average molecular weight is 283 g/mol. The molecular formula is C11H11ClN4OS. The monoisotopic (exact) mass is 282 g/mol. The quantitative estimate of drug-likeness (QED) is 0.872. The van der Waals surface area contributed by atoms with Gasteiger partial charge >= 0.3 is 0 Å². The molecule has 0 amide bonds. The van der Waals surface area contributed by atoms with Crippen LogP contribution < -0.4 is 10.5 Å². The molecule has 0 aliphatic heterocycles. The molecule has 5 nitrogen and oxygen atoms in total. The van der Waals surface area contributed by atoms with Gasteiger partial charge in [0, 0.05) is 5.02 Å². The SMILES string of the molecule is COc1cc(Cl)ccc1-c1nc(N)nc(SC)n1. The minimum Gasteiger partial charge on any atom is -0.496 e. The van der Waals surface area contributed by atoms with E-state index >= 15 is 0 Å². The highest BCUT2D eigenvalue weighted by Crippen LogP contribution is 2.31. The number of hydrogen-bond donors (Lipinski definition) is 1. The molecule has 0 spiro atoms. The Balaban J connectivity index is 2.57. The van der Waals surface area contributed by atoms with Crippen LogP contribution in [0, 0.1) is 0 Å². The highest BCUT2D eigenvalue weighted by Gasteiger charge is 2.12. The Hall–Kier alpha value is -1.53. The van der Waals surface area contributed by atoms with Crippen molar-refractivity contribution in [1.82, 2.24) is 15.0 Å². The largest absolute Gasteiger partial charge is 0.496 e. The maximum Gasteiger partial charge on any atom is 0.224 e. The molecule has 1 aromatic heterocycles. The van der Waals surface area contributed by atoms with Crippen molar-refractivity contribution in [2.24, 2.45) is 0 Å². The van der Waals surface area contributed by atoms with E-state index in [2.05, 4.69) is 15.0 Å². The predicted octanol–water partition coefficient (Wildman–Crippen LogP) is 2.50. The van der Waals surface area contributed by atoms with Crippen molar-refractivity contribution in [1.29, 1.82) is 0 Å². The fourth-order valence-electron chi connectivity index (χ4n) is 1.43. The van der Waals surface area contributed by atoms with Crippen molar-refractivity contribution >= 4 is 29.3 Å². The molecule has 18 heavy (non-hydrogen) atoms. The van der Waals surface area contributed by atoms with E-state index in [9.17, 15) is 0 Å². The highest BCUT2D eigenvalue weighted by atomic mass is 35.5. The summed E-state index contributed by atoms with van der Waals surface area (Å²) in [5.74, 6) is 1.25. The van der Waals surface area contributed by atoms with Gasteiger partial charge in [0.15, 0.2) is 11.0 Å². The molecule has 2 rings (SSSR count).